The number of carbonyl (C=O) groups excluding carboxylic acids is 1. The number of aryl methyl sites for hydroxylation is 1. The van der Waals surface area contributed by atoms with Crippen molar-refractivity contribution >= 4 is 27.0 Å². The van der Waals surface area contributed by atoms with E-state index in [0.717, 1.165) is 22.3 Å². The summed E-state index contributed by atoms with van der Waals surface area (Å²) < 4.78 is 28.9. The number of ether oxygens (including phenoxy) is 1. The molecule has 5 heteroatoms. The SMILES string of the molecule is CC.CC.Cc1ccc(C2=C(c3ccc(S(C)(=O)=O)cc3)C(C)(C)OC2=O)cc1. The lowest BCUT2D eigenvalue weighted by Crippen LogP contribution is -2.22. The highest BCUT2D eigenvalue weighted by molar-refractivity contribution is 7.90. The molecule has 0 aliphatic carbocycles. The van der Waals surface area contributed by atoms with Crippen LogP contribution in [0.4, 0.5) is 0 Å². The largest absolute Gasteiger partial charge is 0.451 e. The molecule has 3 rings (SSSR count). The van der Waals surface area contributed by atoms with E-state index >= 15 is 0 Å². The minimum atomic E-state index is -3.27. The summed E-state index contributed by atoms with van der Waals surface area (Å²) in [5.74, 6) is -0.365. The summed E-state index contributed by atoms with van der Waals surface area (Å²) in [7, 11) is -3.27. The zero-order valence-electron chi connectivity index (χ0n) is 18.7. The molecule has 4 nitrogen and oxygen atoms in total. The zero-order chi connectivity index (χ0) is 22.4. The summed E-state index contributed by atoms with van der Waals surface area (Å²) in [5, 5.41) is 0. The number of hydrogen-bond donors (Lipinski definition) is 0. The molecule has 0 amide bonds. The summed E-state index contributed by atoms with van der Waals surface area (Å²) in [6, 6.07) is 14.3. The molecule has 0 radical (unpaired) electrons. The van der Waals surface area contributed by atoms with Crippen LogP contribution in [-0.2, 0) is 19.4 Å². The van der Waals surface area contributed by atoms with E-state index in [9.17, 15) is 13.2 Å². The molecule has 2 aromatic carbocycles. The summed E-state index contributed by atoms with van der Waals surface area (Å²) in [6.45, 7) is 13.7. The van der Waals surface area contributed by atoms with Crippen molar-refractivity contribution in [2.75, 3.05) is 6.26 Å². The molecular formula is C24H32O4S. The molecule has 1 aliphatic rings. The second kappa shape index (κ2) is 9.88. The van der Waals surface area contributed by atoms with Gasteiger partial charge in [0.2, 0.25) is 0 Å². The van der Waals surface area contributed by atoms with Gasteiger partial charge < -0.3 is 4.74 Å². The van der Waals surface area contributed by atoms with Gasteiger partial charge in [0.05, 0.1) is 10.5 Å². The molecule has 0 fully saturated rings. The first-order valence-electron chi connectivity index (χ1n) is 9.95. The van der Waals surface area contributed by atoms with Crippen molar-refractivity contribution in [3.63, 3.8) is 0 Å². The van der Waals surface area contributed by atoms with E-state index in [1.165, 1.54) is 6.26 Å². The van der Waals surface area contributed by atoms with E-state index in [2.05, 4.69) is 0 Å². The number of hydrogen-bond acceptors (Lipinski definition) is 4. The maximum absolute atomic E-state index is 12.5. The van der Waals surface area contributed by atoms with E-state index in [4.69, 9.17) is 4.74 Å². The number of cyclic esters (lactones) is 1. The summed E-state index contributed by atoms with van der Waals surface area (Å²) in [4.78, 5) is 12.8. The summed E-state index contributed by atoms with van der Waals surface area (Å²) >= 11 is 0. The highest BCUT2D eigenvalue weighted by Crippen LogP contribution is 2.43. The van der Waals surface area contributed by atoms with Crippen molar-refractivity contribution in [1.29, 1.82) is 0 Å². The first kappa shape index (κ1) is 24.6. The Kier molecular flexibility index (Phi) is 8.39. The molecule has 0 N–H and O–H groups in total. The first-order valence-corrected chi connectivity index (χ1v) is 11.8. The molecule has 0 atom stereocenters. The Morgan fingerprint density at radius 3 is 1.69 bits per heavy atom. The Balaban J connectivity index is 0.000000989. The van der Waals surface area contributed by atoms with Crippen LogP contribution in [0, 0.1) is 6.92 Å². The topological polar surface area (TPSA) is 60.4 Å². The molecule has 0 spiro atoms. The van der Waals surface area contributed by atoms with Gasteiger partial charge in [-0.1, -0.05) is 69.7 Å². The van der Waals surface area contributed by atoms with Crippen LogP contribution in [0.1, 0.15) is 58.2 Å². The molecular weight excluding hydrogens is 384 g/mol. The maximum atomic E-state index is 12.5. The third kappa shape index (κ3) is 5.57. The van der Waals surface area contributed by atoms with E-state index in [0.29, 0.717) is 5.57 Å². The maximum Gasteiger partial charge on any atom is 0.340 e. The van der Waals surface area contributed by atoms with Gasteiger partial charge in [-0.05, 0) is 44.0 Å². The Hall–Kier alpha value is -2.40. The van der Waals surface area contributed by atoms with Gasteiger partial charge >= 0.3 is 5.97 Å². The highest BCUT2D eigenvalue weighted by atomic mass is 32.2. The van der Waals surface area contributed by atoms with Crippen molar-refractivity contribution < 1.29 is 17.9 Å². The minimum absolute atomic E-state index is 0.247. The molecule has 2 aromatic rings. The van der Waals surface area contributed by atoms with Gasteiger partial charge in [0.1, 0.15) is 5.60 Å². The zero-order valence-corrected chi connectivity index (χ0v) is 19.5. The normalized spacial score (nSPS) is 15.0. The van der Waals surface area contributed by atoms with E-state index in [1.807, 2.05) is 72.7 Å². The van der Waals surface area contributed by atoms with Crippen LogP contribution in [0.2, 0.25) is 0 Å². The third-order valence-corrected chi connectivity index (χ3v) is 5.44. The number of esters is 1. The van der Waals surface area contributed by atoms with Gasteiger partial charge in [0.25, 0.3) is 0 Å². The van der Waals surface area contributed by atoms with Crippen LogP contribution in [-0.4, -0.2) is 26.2 Å². The molecule has 1 aliphatic heterocycles. The standard InChI is InChI=1S/C20H20O4S.2C2H6/c1-13-5-7-14(8-6-13)17-18(20(2,3)24-19(17)21)15-9-11-16(12-10-15)25(4,22)23;2*1-2/h5-12H,1-4H3;2*1-2H3. The van der Waals surface area contributed by atoms with Crippen molar-refractivity contribution in [3.8, 4) is 0 Å². The van der Waals surface area contributed by atoms with Crippen molar-refractivity contribution in [1.82, 2.24) is 0 Å². The van der Waals surface area contributed by atoms with Crippen LogP contribution in [0.15, 0.2) is 53.4 Å². The third-order valence-electron chi connectivity index (χ3n) is 4.32. The lowest BCUT2D eigenvalue weighted by Gasteiger charge is -2.21. The lowest BCUT2D eigenvalue weighted by molar-refractivity contribution is -0.141. The Morgan fingerprint density at radius 2 is 1.24 bits per heavy atom. The number of carbonyl (C=O) groups is 1. The molecule has 0 aromatic heterocycles. The van der Waals surface area contributed by atoms with E-state index in [1.54, 1.807) is 24.3 Å². The van der Waals surface area contributed by atoms with Gasteiger partial charge in [0.15, 0.2) is 9.84 Å². The molecule has 1 heterocycles. The van der Waals surface area contributed by atoms with E-state index in [-0.39, 0.29) is 10.9 Å². The Bertz CT molecular complexity index is 965. The monoisotopic (exact) mass is 416 g/mol. The molecule has 0 saturated carbocycles. The fourth-order valence-corrected chi connectivity index (χ4v) is 3.71. The molecule has 0 saturated heterocycles. The molecule has 0 bridgehead atoms. The molecule has 29 heavy (non-hydrogen) atoms. The van der Waals surface area contributed by atoms with Crippen LogP contribution < -0.4 is 0 Å². The molecule has 0 unspecified atom stereocenters. The second-order valence-corrected chi connectivity index (χ2v) is 8.83. The predicted octanol–water partition coefficient (Wildman–Crippen LogP) is 5.70. The van der Waals surface area contributed by atoms with Crippen LogP contribution >= 0.6 is 0 Å². The van der Waals surface area contributed by atoms with Crippen LogP contribution in [0.3, 0.4) is 0 Å². The molecule has 158 valence electrons. The van der Waals surface area contributed by atoms with Crippen molar-refractivity contribution in [3.05, 3.63) is 65.2 Å². The van der Waals surface area contributed by atoms with Gasteiger partial charge in [-0.15, -0.1) is 0 Å². The second-order valence-electron chi connectivity index (χ2n) is 6.81. The highest BCUT2D eigenvalue weighted by Gasteiger charge is 2.41. The number of sulfone groups is 1. The smallest absolute Gasteiger partial charge is 0.340 e. The fourth-order valence-electron chi connectivity index (χ4n) is 3.08. The fraction of sp³-hybridized carbons (Fsp3) is 0.375. The summed E-state index contributed by atoms with van der Waals surface area (Å²) in [6.07, 6.45) is 1.17. The Morgan fingerprint density at radius 1 is 0.793 bits per heavy atom. The average molecular weight is 417 g/mol. The predicted molar refractivity (Wildman–Crippen MR) is 120 cm³/mol. The van der Waals surface area contributed by atoms with Crippen molar-refractivity contribution in [2.24, 2.45) is 0 Å². The summed E-state index contributed by atoms with van der Waals surface area (Å²) in [5.41, 5.74) is 3.18. The number of benzene rings is 2. The minimum Gasteiger partial charge on any atom is -0.451 e. The quantitative estimate of drug-likeness (QED) is 0.603. The van der Waals surface area contributed by atoms with Crippen LogP contribution in [0.5, 0.6) is 0 Å². The average Bonchev–Trinajstić information content (AvgIpc) is 2.93. The van der Waals surface area contributed by atoms with Crippen LogP contribution in [0.25, 0.3) is 11.1 Å². The van der Waals surface area contributed by atoms with Crippen molar-refractivity contribution in [2.45, 2.75) is 59.0 Å². The number of rotatable bonds is 3. The first-order chi connectivity index (χ1) is 13.6. The van der Waals surface area contributed by atoms with Gasteiger partial charge in [-0.3, -0.25) is 0 Å². The van der Waals surface area contributed by atoms with Gasteiger partial charge in [-0.25, -0.2) is 13.2 Å². The Labute approximate surface area is 175 Å². The van der Waals surface area contributed by atoms with E-state index < -0.39 is 15.4 Å². The lowest BCUT2D eigenvalue weighted by atomic mass is 9.87. The van der Waals surface area contributed by atoms with Gasteiger partial charge in [-0.2, -0.15) is 0 Å². The van der Waals surface area contributed by atoms with Gasteiger partial charge in [0, 0.05) is 11.8 Å².